The van der Waals surface area contributed by atoms with Crippen molar-refractivity contribution in [2.24, 2.45) is 0 Å². The zero-order chi connectivity index (χ0) is 8.81. The van der Waals surface area contributed by atoms with Crippen LogP contribution in [-0.2, 0) is 22.4 Å². The summed E-state index contributed by atoms with van der Waals surface area (Å²) in [7, 11) is 0. The van der Waals surface area contributed by atoms with Gasteiger partial charge >= 0.3 is 22.4 Å². The Labute approximate surface area is 96.6 Å². The van der Waals surface area contributed by atoms with Crippen LogP contribution in [0.25, 0.3) is 0 Å². The van der Waals surface area contributed by atoms with Gasteiger partial charge in [0.05, 0.1) is 0 Å². The van der Waals surface area contributed by atoms with Crippen LogP contribution in [0.3, 0.4) is 0 Å². The van der Waals surface area contributed by atoms with Crippen molar-refractivity contribution in [3.05, 3.63) is 47.6 Å². The van der Waals surface area contributed by atoms with Crippen LogP contribution in [0.5, 0.6) is 0 Å². The topological polar surface area (TPSA) is 0 Å². The summed E-state index contributed by atoms with van der Waals surface area (Å²) in [4.78, 5) is 0. The van der Waals surface area contributed by atoms with Crippen LogP contribution in [-0.4, -0.2) is 0 Å². The molecule has 0 aliphatic heterocycles. The Morgan fingerprint density at radius 3 is 1.38 bits per heavy atom. The minimum absolute atomic E-state index is 0. The van der Waals surface area contributed by atoms with E-state index in [0.29, 0.717) is 0 Å². The minimum atomic E-state index is 0. The van der Waals surface area contributed by atoms with Crippen molar-refractivity contribution in [1.82, 2.24) is 0 Å². The molecule has 0 saturated heterocycles. The molecule has 0 nitrogen and oxygen atoms in total. The molecule has 0 unspecified atom stereocenters. The molecular formula is C12H14Ta. The van der Waals surface area contributed by atoms with Crippen molar-refractivity contribution in [3.8, 4) is 0 Å². The molecule has 0 fully saturated rings. The van der Waals surface area contributed by atoms with Crippen LogP contribution >= 0.6 is 0 Å². The van der Waals surface area contributed by atoms with Gasteiger partial charge in [-0.2, -0.15) is 12.2 Å². The maximum Gasteiger partial charge on any atom is 2.00 e. The van der Waals surface area contributed by atoms with E-state index in [1.165, 1.54) is 11.1 Å². The van der Waals surface area contributed by atoms with E-state index in [0.717, 1.165) is 12.8 Å². The van der Waals surface area contributed by atoms with Crippen molar-refractivity contribution < 1.29 is 22.4 Å². The molecule has 2 rings (SSSR count). The predicted molar refractivity (Wildman–Crippen MR) is 52.4 cm³/mol. The molecule has 0 bridgehead atoms. The molecule has 13 heavy (non-hydrogen) atoms. The van der Waals surface area contributed by atoms with Gasteiger partial charge in [-0.25, -0.2) is 23.3 Å². The van der Waals surface area contributed by atoms with E-state index in [1.807, 2.05) is 0 Å². The first-order valence-corrected chi connectivity index (χ1v) is 4.27. The minimum Gasteiger partial charge on any atom is -0.270 e. The summed E-state index contributed by atoms with van der Waals surface area (Å²) in [5.74, 6) is 0. The quantitative estimate of drug-likeness (QED) is 0.594. The molecule has 0 saturated carbocycles. The van der Waals surface area contributed by atoms with Crippen molar-refractivity contribution >= 4 is 0 Å². The van der Waals surface area contributed by atoms with E-state index >= 15 is 0 Å². The zero-order valence-electron chi connectivity index (χ0n) is 8.17. The molecule has 1 heteroatoms. The van der Waals surface area contributed by atoms with Gasteiger partial charge in [-0.1, -0.05) is 13.8 Å². The normalized spacial score (nSPS) is 17.1. The van der Waals surface area contributed by atoms with Crippen LogP contribution in [0.15, 0.2) is 35.5 Å². The fourth-order valence-electron chi connectivity index (χ4n) is 1.03. The molecule has 0 atom stereocenters. The predicted octanol–water partition coefficient (Wildman–Crippen LogP) is 3.39. The van der Waals surface area contributed by atoms with E-state index in [1.54, 1.807) is 0 Å². The Balaban J connectivity index is 0.000000206. The monoisotopic (exact) mass is 339 g/mol. The van der Waals surface area contributed by atoms with Crippen molar-refractivity contribution in [2.75, 3.05) is 0 Å². The third kappa shape index (κ3) is 5.87. The second-order valence-corrected chi connectivity index (χ2v) is 2.93. The van der Waals surface area contributed by atoms with Crippen LogP contribution in [0.1, 0.15) is 26.7 Å². The van der Waals surface area contributed by atoms with Gasteiger partial charge in [0.1, 0.15) is 0 Å². The zero-order valence-corrected chi connectivity index (χ0v) is 11.4. The molecular weight excluding hydrogens is 325 g/mol. The Kier molecular flexibility index (Phi) is 6.97. The summed E-state index contributed by atoms with van der Waals surface area (Å²) in [6.45, 7) is 4.12. The first kappa shape index (κ1) is 12.7. The van der Waals surface area contributed by atoms with E-state index in [9.17, 15) is 0 Å². The van der Waals surface area contributed by atoms with Gasteiger partial charge in [-0.15, -0.1) is 12.8 Å². The standard InChI is InChI=1S/2C6H7.Ta/c2*1-6-4-2-3-5-6;/h2*2,4H,3H2,1H3;/q2*-1;+2. The average Bonchev–Trinajstić information content (AvgIpc) is 2.63. The van der Waals surface area contributed by atoms with Crippen LogP contribution < -0.4 is 0 Å². The molecule has 0 aromatic heterocycles. The summed E-state index contributed by atoms with van der Waals surface area (Å²) in [5.41, 5.74) is 2.55. The summed E-state index contributed by atoms with van der Waals surface area (Å²) >= 11 is 0. The molecule has 2 aliphatic rings. The van der Waals surface area contributed by atoms with Crippen LogP contribution in [0.4, 0.5) is 0 Å². The number of hydrogen-bond donors (Lipinski definition) is 0. The molecule has 67 valence electrons. The molecule has 0 aromatic carbocycles. The van der Waals surface area contributed by atoms with Crippen molar-refractivity contribution in [2.45, 2.75) is 26.7 Å². The summed E-state index contributed by atoms with van der Waals surface area (Å²) < 4.78 is 0. The molecule has 0 aromatic rings. The fraction of sp³-hybridized carbons (Fsp3) is 0.333. The van der Waals surface area contributed by atoms with Crippen LogP contribution in [0.2, 0.25) is 0 Å². The number of rotatable bonds is 0. The second kappa shape index (κ2) is 7.14. The Hall–Kier alpha value is -0.300. The fourth-order valence-corrected chi connectivity index (χ4v) is 1.03. The maximum atomic E-state index is 3.12. The average molecular weight is 339 g/mol. The summed E-state index contributed by atoms with van der Waals surface area (Å²) in [5, 5.41) is 0. The van der Waals surface area contributed by atoms with Gasteiger partial charge in [-0.3, -0.25) is 12.2 Å². The smallest absolute Gasteiger partial charge is 0.270 e. The first-order valence-electron chi connectivity index (χ1n) is 4.27. The summed E-state index contributed by atoms with van der Waals surface area (Å²) in [6, 6.07) is 0. The van der Waals surface area contributed by atoms with Gasteiger partial charge in [-0.05, 0) is 0 Å². The molecule has 1 radical (unpaired) electrons. The largest absolute Gasteiger partial charge is 2.00 e. The second-order valence-electron chi connectivity index (χ2n) is 2.93. The molecule has 2 aliphatic carbocycles. The molecule has 0 spiro atoms. The van der Waals surface area contributed by atoms with Gasteiger partial charge in [0.2, 0.25) is 0 Å². The van der Waals surface area contributed by atoms with E-state index in [4.69, 9.17) is 0 Å². The molecule has 0 amide bonds. The number of hydrogen-bond acceptors (Lipinski definition) is 0. The molecule has 0 N–H and O–H groups in total. The van der Waals surface area contributed by atoms with Crippen molar-refractivity contribution in [1.29, 1.82) is 0 Å². The Morgan fingerprint density at radius 2 is 1.31 bits per heavy atom. The van der Waals surface area contributed by atoms with Crippen LogP contribution in [0, 0.1) is 12.2 Å². The Morgan fingerprint density at radius 1 is 0.923 bits per heavy atom. The van der Waals surface area contributed by atoms with Gasteiger partial charge < -0.3 is 0 Å². The van der Waals surface area contributed by atoms with E-state index in [2.05, 4.69) is 50.3 Å². The SMILES string of the molecule is CC1=[C-]CC=C1.CC1=[C-]CC=C1.[Ta+2]. The van der Waals surface area contributed by atoms with Gasteiger partial charge in [0.15, 0.2) is 0 Å². The third-order valence-corrected chi connectivity index (χ3v) is 1.73. The molecule has 0 heterocycles. The maximum absolute atomic E-state index is 3.12. The summed E-state index contributed by atoms with van der Waals surface area (Å²) in [6.07, 6.45) is 16.7. The third-order valence-electron chi connectivity index (χ3n) is 1.73. The van der Waals surface area contributed by atoms with Crippen molar-refractivity contribution in [3.63, 3.8) is 0 Å². The van der Waals surface area contributed by atoms with Gasteiger partial charge in [0, 0.05) is 0 Å². The Bertz CT molecular complexity index is 221. The number of allylic oxidation sites excluding steroid dienone is 8. The first-order chi connectivity index (χ1) is 5.79. The van der Waals surface area contributed by atoms with Gasteiger partial charge in [0.25, 0.3) is 0 Å². The van der Waals surface area contributed by atoms with E-state index in [-0.39, 0.29) is 22.4 Å². The van der Waals surface area contributed by atoms with E-state index < -0.39 is 0 Å².